The fraction of sp³-hybridized carbons (Fsp3) is 0.700. The second-order valence-corrected chi connectivity index (χ2v) is 4.52. The van der Waals surface area contributed by atoms with Gasteiger partial charge in [0.2, 0.25) is 0 Å². The van der Waals surface area contributed by atoms with Gasteiger partial charge < -0.3 is 9.88 Å². The molecule has 0 aliphatic carbocycles. The van der Waals surface area contributed by atoms with Crippen LogP contribution < -0.4 is 5.32 Å². The molecule has 88 valence electrons. The van der Waals surface area contributed by atoms with Crippen LogP contribution in [0.4, 0.5) is 0 Å². The van der Waals surface area contributed by atoms with Gasteiger partial charge in [0, 0.05) is 12.8 Å². The summed E-state index contributed by atoms with van der Waals surface area (Å²) in [4.78, 5) is 0. The molecule has 5 nitrogen and oxygen atoms in total. The van der Waals surface area contributed by atoms with E-state index < -0.39 is 0 Å². The van der Waals surface area contributed by atoms with Crippen LogP contribution in [0.2, 0.25) is 0 Å². The van der Waals surface area contributed by atoms with Crippen molar-refractivity contribution in [3.8, 4) is 6.07 Å². The molecule has 1 unspecified atom stereocenters. The molecule has 16 heavy (non-hydrogen) atoms. The summed E-state index contributed by atoms with van der Waals surface area (Å²) >= 11 is 1.56. The fourth-order valence-corrected chi connectivity index (χ4v) is 2.06. The third kappa shape index (κ3) is 3.51. The maximum atomic E-state index is 8.94. The quantitative estimate of drug-likeness (QED) is 0.753. The second kappa shape index (κ2) is 6.51. The average molecular weight is 239 g/mol. The smallest absolute Gasteiger partial charge is 0.191 e. The minimum Gasteiger partial charge on any atom is -0.309 e. The summed E-state index contributed by atoms with van der Waals surface area (Å²) in [7, 11) is 1.93. The van der Waals surface area contributed by atoms with E-state index in [9.17, 15) is 0 Å². The molecule has 1 aromatic rings. The Hall–Kier alpha value is -1.06. The zero-order chi connectivity index (χ0) is 12.0. The van der Waals surface area contributed by atoms with Gasteiger partial charge in [-0.15, -0.1) is 10.2 Å². The van der Waals surface area contributed by atoms with Crippen LogP contribution >= 0.6 is 11.8 Å². The van der Waals surface area contributed by atoms with Gasteiger partial charge in [0.25, 0.3) is 0 Å². The van der Waals surface area contributed by atoms with Crippen LogP contribution in [0.1, 0.15) is 19.2 Å². The van der Waals surface area contributed by atoms with Gasteiger partial charge in [-0.1, -0.05) is 18.7 Å². The van der Waals surface area contributed by atoms with Crippen LogP contribution in [0.5, 0.6) is 0 Å². The molecular weight excluding hydrogens is 222 g/mol. The van der Waals surface area contributed by atoms with E-state index in [1.165, 1.54) is 0 Å². The van der Waals surface area contributed by atoms with Crippen molar-refractivity contribution in [2.45, 2.75) is 31.5 Å². The number of aryl methyl sites for hydroxylation is 1. The Morgan fingerprint density at radius 3 is 2.81 bits per heavy atom. The first kappa shape index (κ1) is 13.0. The second-order valence-electron chi connectivity index (χ2n) is 3.54. The minimum atomic E-state index is -0.123. The van der Waals surface area contributed by atoms with Crippen molar-refractivity contribution in [3.05, 3.63) is 5.82 Å². The summed E-state index contributed by atoms with van der Waals surface area (Å²) in [6.45, 7) is 4.87. The first-order valence-electron chi connectivity index (χ1n) is 5.30. The van der Waals surface area contributed by atoms with E-state index in [-0.39, 0.29) is 6.04 Å². The minimum absolute atomic E-state index is 0.123. The lowest BCUT2D eigenvalue weighted by Gasteiger charge is -2.09. The Kier molecular flexibility index (Phi) is 5.29. The molecule has 0 bridgehead atoms. The molecule has 1 N–H and O–H groups in total. The highest BCUT2D eigenvalue weighted by molar-refractivity contribution is 7.99. The van der Waals surface area contributed by atoms with Gasteiger partial charge in [-0.25, -0.2) is 0 Å². The van der Waals surface area contributed by atoms with Crippen LogP contribution in [-0.4, -0.2) is 33.1 Å². The molecular formula is C10H17N5S. The largest absolute Gasteiger partial charge is 0.309 e. The maximum absolute atomic E-state index is 8.94. The molecule has 1 rings (SSSR count). The summed E-state index contributed by atoms with van der Waals surface area (Å²) in [5.74, 6) is 1.58. The van der Waals surface area contributed by atoms with Gasteiger partial charge in [-0.3, -0.25) is 0 Å². The Morgan fingerprint density at radius 1 is 1.56 bits per heavy atom. The van der Waals surface area contributed by atoms with Crippen molar-refractivity contribution in [1.29, 1.82) is 5.26 Å². The zero-order valence-corrected chi connectivity index (χ0v) is 10.7. The fourth-order valence-electron chi connectivity index (χ4n) is 1.13. The number of nitrogens with one attached hydrogen (secondary N) is 1. The van der Waals surface area contributed by atoms with Crippen LogP contribution in [0, 0.1) is 18.3 Å². The Bertz CT molecular complexity index is 368. The van der Waals surface area contributed by atoms with E-state index in [2.05, 4.69) is 28.5 Å². The number of hydrogen-bond acceptors (Lipinski definition) is 5. The lowest BCUT2D eigenvalue weighted by atomic mass is 10.3. The first-order valence-corrected chi connectivity index (χ1v) is 6.29. The van der Waals surface area contributed by atoms with Gasteiger partial charge >= 0.3 is 0 Å². The summed E-state index contributed by atoms with van der Waals surface area (Å²) < 4.78 is 1.93. The highest BCUT2D eigenvalue weighted by atomic mass is 32.2. The molecule has 0 saturated carbocycles. The number of nitriles is 1. The monoisotopic (exact) mass is 239 g/mol. The lowest BCUT2D eigenvalue weighted by Crippen LogP contribution is -2.30. The third-order valence-electron chi connectivity index (χ3n) is 2.23. The third-order valence-corrected chi connectivity index (χ3v) is 3.34. The van der Waals surface area contributed by atoms with E-state index in [1.807, 2.05) is 18.5 Å². The topological polar surface area (TPSA) is 66.5 Å². The van der Waals surface area contributed by atoms with Crippen molar-refractivity contribution < 1.29 is 0 Å². The van der Waals surface area contributed by atoms with Crippen LogP contribution in [-0.2, 0) is 7.05 Å². The van der Waals surface area contributed by atoms with Crippen molar-refractivity contribution in [3.63, 3.8) is 0 Å². The van der Waals surface area contributed by atoms with E-state index in [0.29, 0.717) is 5.75 Å². The molecule has 0 aromatic carbocycles. The summed E-state index contributed by atoms with van der Waals surface area (Å²) in [5.41, 5.74) is 0. The van der Waals surface area contributed by atoms with Crippen molar-refractivity contribution in [1.82, 2.24) is 20.1 Å². The summed E-state index contributed by atoms with van der Waals surface area (Å²) in [5, 5.41) is 21.0. The van der Waals surface area contributed by atoms with E-state index in [1.54, 1.807) is 11.8 Å². The first-order chi connectivity index (χ1) is 7.69. The average Bonchev–Trinajstić information content (AvgIpc) is 2.61. The number of hydrogen-bond donors (Lipinski definition) is 1. The highest BCUT2D eigenvalue weighted by Crippen LogP contribution is 2.15. The zero-order valence-electron chi connectivity index (χ0n) is 9.90. The van der Waals surface area contributed by atoms with Gasteiger partial charge in [-0.2, -0.15) is 5.26 Å². The van der Waals surface area contributed by atoms with Crippen LogP contribution in [0.3, 0.4) is 0 Å². The van der Waals surface area contributed by atoms with Gasteiger partial charge in [0.15, 0.2) is 5.16 Å². The molecule has 0 radical (unpaired) electrons. The Balaban J connectivity index is 2.44. The molecule has 0 saturated heterocycles. The molecule has 0 spiro atoms. The standard InChI is InChI=1S/C10H17N5S/c1-4-5-12-9(6-11)7-16-10-14-13-8(2)15(10)3/h9,12H,4-5,7H2,1-3H3. The Labute approximate surface area is 100 Å². The lowest BCUT2D eigenvalue weighted by molar-refractivity contribution is 0.636. The van der Waals surface area contributed by atoms with Crippen molar-refractivity contribution in [2.24, 2.45) is 7.05 Å². The predicted molar refractivity (Wildman–Crippen MR) is 64.2 cm³/mol. The number of aromatic nitrogens is 3. The molecule has 1 heterocycles. The molecule has 0 amide bonds. The molecule has 0 fully saturated rings. The van der Waals surface area contributed by atoms with Crippen molar-refractivity contribution >= 4 is 11.8 Å². The predicted octanol–water partition coefficient (Wildman–Crippen LogP) is 1.11. The summed E-state index contributed by atoms with van der Waals surface area (Å²) in [6, 6.07) is 2.12. The van der Waals surface area contributed by atoms with Crippen LogP contribution in [0.15, 0.2) is 5.16 Å². The van der Waals surface area contributed by atoms with Gasteiger partial charge in [-0.05, 0) is 19.9 Å². The number of thioether (sulfide) groups is 1. The van der Waals surface area contributed by atoms with Crippen LogP contribution in [0.25, 0.3) is 0 Å². The van der Waals surface area contributed by atoms with E-state index in [4.69, 9.17) is 5.26 Å². The SMILES string of the molecule is CCCNC(C#N)CSc1nnc(C)n1C. The number of rotatable bonds is 6. The molecule has 1 aromatic heterocycles. The maximum Gasteiger partial charge on any atom is 0.191 e. The normalized spacial score (nSPS) is 12.4. The molecule has 0 aliphatic rings. The summed E-state index contributed by atoms with van der Waals surface area (Å²) in [6.07, 6.45) is 1.03. The Morgan fingerprint density at radius 2 is 2.31 bits per heavy atom. The van der Waals surface area contributed by atoms with Gasteiger partial charge in [0.05, 0.1) is 6.07 Å². The van der Waals surface area contributed by atoms with Crippen molar-refractivity contribution in [2.75, 3.05) is 12.3 Å². The highest BCUT2D eigenvalue weighted by Gasteiger charge is 2.10. The molecule has 6 heteroatoms. The number of nitrogens with zero attached hydrogens (tertiary/aromatic N) is 4. The van der Waals surface area contributed by atoms with E-state index >= 15 is 0 Å². The molecule has 1 atom stereocenters. The van der Waals surface area contributed by atoms with Gasteiger partial charge in [0.1, 0.15) is 11.9 Å². The van der Waals surface area contributed by atoms with E-state index in [0.717, 1.165) is 23.9 Å². The molecule has 0 aliphatic heterocycles.